The summed E-state index contributed by atoms with van der Waals surface area (Å²) in [5, 5.41) is 15.0. The van der Waals surface area contributed by atoms with E-state index in [1.165, 1.54) is 14.2 Å². The number of carbonyl (C=O) groups excluding carboxylic acids is 4. The van der Waals surface area contributed by atoms with Gasteiger partial charge in [0.05, 0.1) is 7.11 Å². The van der Waals surface area contributed by atoms with Gasteiger partial charge in [0, 0.05) is 23.9 Å². The second kappa shape index (κ2) is 13.8. The van der Waals surface area contributed by atoms with Crippen LogP contribution in [0.5, 0.6) is 0 Å². The number of urea groups is 1. The predicted molar refractivity (Wildman–Crippen MR) is 122 cm³/mol. The van der Waals surface area contributed by atoms with Crippen LogP contribution in [0.15, 0.2) is 28.7 Å². The first-order valence-electron chi connectivity index (χ1n) is 10.4. The Bertz CT molecular complexity index is 802. The molecule has 10 heteroatoms. The maximum absolute atomic E-state index is 12.9. The molecule has 0 spiro atoms. The van der Waals surface area contributed by atoms with Gasteiger partial charge in [-0.05, 0) is 42.9 Å². The van der Waals surface area contributed by atoms with Gasteiger partial charge in [-0.25, -0.2) is 4.79 Å². The molecule has 0 fully saturated rings. The number of ether oxygens (including phenoxy) is 1. The van der Waals surface area contributed by atoms with E-state index in [2.05, 4.69) is 31.3 Å². The Labute approximate surface area is 197 Å². The van der Waals surface area contributed by atoms with Crippen molar-refractivity contribution in [2.45, 2.75) is 52.0 Å². The van der Waals surface area contributed by atoms with Crippen LogP contribution in [0, 0.1) is 11.8 Å². The molecule has 0 unspecified atom stereocenters. The molecule has 0 saturated heterocycles. The molecule has 3 N–H and O–H groups in total. The number of imide groups is 1. The lowest BCUT2D eigenvalue weighted by molar-refractivity contribution is -0.158. The zero-order valence-electron chi connectivity index (χ0n) is 18.9. The summed E-state index contributed by atoms with van der Waals surface area (Å²) in [6.45, 7) is 4.05. The van der Waals surface area contributed by atoms with E-state index < -0.39 is 35.8 Å². The quantitative estimate of drug-likeness (QED) is 0.237. The third kappa shape index (κ3) is 9.35. The monoisotopic (exact) mass is 513 g/mol. The fraction of sp³-hybridized carbons (Fsp3) is 0.545. The molecule has 0 aliphatic rings. The minimum absolute atomic E-state index is 0.0249. The van der Waals surface area contributed by atoms with Crippen LogP contribution in [0.2, 0.25) is 0 Å². The molecule has 0 bridgehead atoms. The van der Waals surface area contributed by atoms with Crippen molar-refractivity contribution in [2.75, 3.05) is 14.2 Å². The minimum Gasteiger partial charge on any atom is -0.469 e. The lowest BCUT2D eigenvalue weighted by atomic mass is 9.91. The highest BCUT2D eigenvalue weighted by atomic mass is 79.9. The fourth-order valence-electron chi connectivity index (χ4n) is 3.09. The summed E-state index contributed by atoms with van der Waals surface area (Å²) in [6.07, 6.45) is 1.40. The molecule has 0 aromatic heterocycles. The van der Waals surface area contributed by atoms with Crippen LogP contribution >= 0.6 is 15.9 Å². The number of benzene rings is 1. The smallest absolute Gasteiger partial charge is 0.349 e. The second-order valence-corrected chi connectivity index (χ2v) is 8.80. The lowest BCUT2D eigenvalue weighted by Gasteiger charge is -2.24. The van der Waals surface area contributed by atoms with Gasteiger partial charge in [-0.15, -0.1) is 5.06 Å². The second-order valence-electron chi connectivity index (χ2n) is 7.88. The van der Waals surface area contributed by atoms with Crippen molar-refractivity contribution in [3.8, 4) is 0 Å². The Hall–Kier alpha value is -2.46. The molecular formula is C22H32BrN3O6. The van der Waals surface area contributed by atoms with Gasteiger partial charge in [-0.2, -0.15) is 0 Å². The van der Waals surface area contributed by atoms with E-state index in [-0.39, 0.29) is 17.9 Å². The van der Waals surface area contributed by atoms with Gasteiger partial charge >= 0.3 is 12.0 Å². The molecule has 32 heavy (non-hydrogen) atoms. The van der Waals surface area contributed by atoms with Crippen molar-refractivity contribution in [1.29, 1.82) is 0 Å². The van der Waals surface area contributed by atoms with Crippen LogP contribution in [0.4, 0.5) is 4.79 Å². The molecule has 9 nitrogen and oxygen atoms in total. The van der Waals surface area contributed by atoms with Crippen LogP contribution < -0.4 is 10.6 Å². The highest BCUT2D eigenvalue weighted by Crippen LogP contribution is 2.22. The van der Waals surface area contributed by atoms with Gasteiger partial charge in [-0.1, -0.05) is 48.3 Å². The molecule has 0 aliphatic heterocycles. The highest BCUT2D eigenvalue weighted by Gasteiger charge is 2.31. The highest BCUT2D eigenvalue weighted by molar-refractivity contribution is 9.10. The van der Waals surface area contributed by atoms with Gasteiger partial charge in [0.2, 0.25) is 5.91 Å². The number of likely N-dealkylation sites (N-methyl/N-ethyl adjacent to an activating group) is 1. The molecule has 0 saturated carbocycles. The SMILES string of the molecule is CNC(=O)[C@H](CCC(=O)OC)NC(=O)N(O)C(=O)[C@H](CCC(C)C)Cc1cccc(Br)c1. The number of hydroxylamine groups is 2. The average molecular weight is 514 g/mol. The summed E-state index contributed by atoms with van der Waals surface area (Å²) in [5.41, 5.74) is 0.886. The van der Waals surface area contributed by atoms with Gasteiger partial charge in [0.15, 0.2) is 0 Å². The van der Waals surface area contributed by atoms with E-state index in [0.29, 0.717) is 18.8 Å². The van der Waals surface area contributed by atoms with Gasteiger partial charge in [0.25, 0.3) is 5.91 Å². The Kier molecular flexibility index (Phi) is 11.9. The van der Waals surface area contributed by atoms with Gasteiger partial charge in [0.1, 0.15) is 6.04 Å². The van der Waals surface area contributed by atoms with Crippen molar-refractivity contribution >= 4 is 39.7 Å². The van der Waals surface area contributed by atoms with E-state index in [4.69, 9.17) is 0 Å². The Morgan fingerprint density at radius 3 is 2.41 bits per heavy atom. The Balaban J connectivity index is 2.92. The number of amides is 4. The number of carbonyl (C=O) groups is 4. The van der Waals surface area contributed by atoms with Crippen molar-refractivity contribution < 1.29 is 29.1 Å². The topological polar surface area (TPSA) is 125 Å². The van der Waals surface area contributed by atoms with Crippen molar-refractivity contribution in [1.82, 2.24) is 15.7 Å². The number of halogens is 1. The average Bonchev–Trinajstić information content (AvgIpc) is 2.77. The summed E-state index contributed by atoms with van der Waals surface area (Å²) in [4.78, 5) is 48.9. The van der Waals surface area contributed by atoms with Crippen LogP contribution in [-0.4, -0.2) is 54.3 Å². The third-order valence-electron chi connectivity index (χ3n) is 4.94. The third-order valence-corrected chi connectivity index (χ3v) is 5.43. The summed E-state index contributed by atoms with van der Waals surface area (Å²) in [6, 6.07) is 5.23. The van der Waals surface area contributed by atoms with Crippen molar-refractivity contribution in [3.05, 3.63) is 34.3 Å². The molecule has 0 radical (unpaired) electrons. The van der Waals surface area contributed by atoms with Crippen molar-refractivity contribution in [3.63, 3.8) is 0 Å². The molecule has 0 aliphatic carbocycles. The van der Waals surface area contributed by atoms with Crippen LogP contribution in [-0.2, 0) is 25.5 Å². The number of hydrogen-bond donors (Lipinski definition) is 3. The van der Waals surface area contributed by atoms with Gasteiger partial charge < -0.3 is 15.4 Å². The van der Waals surface area contributed by atoms with Crippen LogP contribution in [0.25, 0.3) is 0 Å². The van der Waals surface area contributed by atoms with E-state index >= 15 is 0 Å². The number of nitrogens with one attached hydrogen (secondary N) is 2. The number of nitrogens with zero attached hydrogens (tertiary/aromatic N) is 1. The van der Waals surface area contributed by atoms with Crippen LogP contribution in [0.3, 0.4) is 0 Å². The predicted octanol–water partition coefficient (Wildman–Crippen LogP) is 3.04. The number of methoxy groups -OCH3 is 1. The molecule has 1 rings (SSSR count). The maximum Gasteiger partial charge on any atom is 0.349 e. The van der Waals surface area contributed by atoms with E-state index in [1.54, 1.807) is 0 Å². The Morgan fingerprint density at radius 1 is 1.16 bits per heavy atom. The van der Waals surface area contributed by atoms with E-state index in [0.717, 1.165) is 16.5 Å². The molecule has 1 aromatic carbocycles. The summed E-state index contributed by atoms with van der Waals surface area (Å²) >= 11 is 3.40. The molecule has 1 aromatic rings. The first kappa shape index (κ1) is 27.6. The zero-order valence-corrected chi connectivity index (χ0v) is 20.5. The van der Waals surface area contributed by atoms with E-state index in [9.17, 15) is 24.4 Å². The molecule has 0 heterocycles. The van der Waals surface area contributed by atoms with E-state index in [1.807, 2.05) is 38.1 Å². The number of hydrogen-bond acceptors (Lipinski definition) is 6. The number of esters is 1. The Morgan fingerprint density at radius 2 is 1.84 bits per heavy atom. The fourth-order valence-corrected chi connectivity index (χ4v) is 3.53. The van der Waals surface area contributed by atoms with Gasteiger partial charge in [-0.3, -0.25) is 19.6 Å². The maximum atomic E-state index is 12.9. The standard InChI is InChI=1S/C22H32BrN3O6/c1-14(2)8-9-16(12-15-6-5-7-17(23)13-15)21(29)26(31)22(30)25-18(20(28)24-3)10-11-19(27)32-4/h5-7,13-14,16,18,31H,8-12H2,1-4H3,(H,24,28)(H,25,30)/t16-,18+/m1/s1. The summed E-state index contributed by atoms with van der Waals surface area (Å²) in [7, 11) is 2.59. The molecule has 2 atom stereocenters. The molecular weight excluding hydrogens is 482 g/mol. The first-order valence-corrected chi connectivity index (χ1v) is 11.2. The lowest BCUT2D eigenvalue weighted by Crippen LogP contribution is -2.52. The molecule has 178 valence electrons. The normalized spacial score (nSPS) is 12.6. The molecule has 4 amide bonds. The zero-order chi connectivity index (χ0) is 24.3. The summed E-state index contributed by atoms with van der Waals surface area (Å²) < 4.78 is 5.41. The minimum atomic E-state index is -1.13. The van der Waals surface area contributed by atoms with Crippen molar-refractivity contribution in [2.24, 2.45) is 11.8 Å². The largest absolute Gasteiger partial charge is 0.469 e. The summed E-state index contributed by atoms with van der Waals surface area (Å²) in [5.74, 6) is -2.16. The van der Waals surface area contributed by atoms with Crippen LogP contribution in [0.1, 0.15) is 45.1 Å². The number of rotatable bonds is 11. The first-order chi connectivity index (χ1) is 15.1.